The van der Waals surface area contributed by atoms with Crippen LogP contribution < -0.4 is 5.56 Å². The van der Waals surface area contributed by atoms with Crippen LogP contribution in [-0.4, -0.2) is 25.2 Å². The van der Waals surface area contributed by atoms with Gasteiger partial charge in [0.1, 0.15) is 18.6 Å². The molecule has 0 unspecified atom stereocenters. The van der Waals surface area contributed by atoms with Crippen LogP contribution in [0.5, 0.6) is 0 Å². The lowest BCUT2D eigenvalue weighted by molar-refractivity contribution is -0.385. The molecule has 0 atom stereocenters. The summed E-state index contributed by atoms with van der Waals surface area (Å²) in [6.45, 7) is -0.397. The summed E-state index contributed by atoms with van der Waals surface area (Å²) in [6.07, 6.45) is 2.46. The third-order valence-corrected chi connectivity index (χ3v) is 3.67. The molecule has 0 radical (unpaired) electrons. The number of nitro groups is 1. The van der Waals surface area contributed by atoms with E-state index in [9.17, 15) is 24.1 Å². The van der Waals surface area contributed by atoms with E-state index in [-0.39, 0.29) is 16.9 Å². The lowest BCUT2D eigenvalue weighted by Crippen LogP contribution is -2.19. The van der Waals surface area contributed by atoms with Gasteiger partial charge in [-0.1, -0.05) is 0 Å². The molecule has 0 fully saturated rings. The van der Waals surface area contributed by atoms with Crippen molar-refractivity contribution in [2.75, 3.05) is 0 Å². The van der Waals surface area contributed by atoms with Crippen LogP contribution in [0.2, 0.25) is 0 Å². The Labute approximate surface area is 151 Å². The molecule has 0 aliphatic carbocycles. The number of esters is 1. The van der Waals surface area contributed by atoms with E-state index >= 15 is 0 Å². The van der Waals surface area contributed by atoms with Crippen LogP contribution in [0.3, 0.4) is 0 Å². The van der Waals surface area contributed by atoms with Crippen molar-refractivity contribution in [2.45, 2.75) is 6.61 Å². The summed E-state index contributed by atoms with van der Waals surface area (Å²) in [5, 5.41) is 14.9. The van der Waals surface area contributed by atoms with Gasteiger partial charge in [0, 0.05) is 25.0 Å². The molecule has 0 saturated heterocycles. The van der Waals surface area contributed by atoms with Gasteiger partial charge in [0.2, 0.25) is 0 Å². The summed E-state index contributed by atoms with van der Waals surface area (Å²) in [5.41, 5.74) is -0.253. The standard InChI is InChI=1S/C17H13FN4O5/c1-20-9-15(22(25)26)14(19-20)10-27-17(24)11-2-7-16(23)21(8-11)13-5-3-12(18)4-6-13/h2-9H,10H2,1H3. The molecular weight excluding hydrogens is 359 g/mol. The number of hydrogen-bond acceptors (Lipinski definition) is 6. The fourth-order valence-corrected chi connectivity index (χ4v) is 2.41. The summed E-state index contributed by atoms with van der Waals surface area (Å²) in [6, 6.07) is 7.60. The number of aromatic nitrogens is 3. The highest BCUT2D eigenvalue weighted by atomic mass is 19.1. The van der Waals surface area contributed by atoms with Crippen molar-refractivity contribution >= 4 is 11.7 Å². The van der Waals surface area contributed by atoms with Gasteiger partial charge in [-0.3, -0.25) is 24.2 Å². The molecule has 1 aromatic carbocycles. The van der Waals surface area contributed by atoms with E-state index in [0.717, 1.165) is 0 Å². The third kappa shape index (κ3) is 3.89. The average Bonchev–Trinajstić information content (AvgIpc) is 3.02. The van der Waals surface area contributed by atoms with E-state index in [0.29, 0.717) is 5.69 Å². The Morgan fingerprint density at radius 2 is 1.93 bits per heavy atom. The van der Waals surface area contributed by atoms with E-state index in [1.807, 2.05) is 0 Å². The maximum absolute atomic E-state index is 13.0. The van der Waals surface area contributed by atoms with Crippen molar-refractivity contribution in [1.82, 2.24) is 14.3 Å². The molecule has 0 aliphatic rings. The molecule has 2 heterocycles. The van der Waals surface area contributed by atoms with Gasteiger partial charge in [-0.2, -0.15) is 5.10 Å². The maximum atomic E-state index is 13.0. The molecule has 0 bridgehead atoms. The molecule has 0 amide bonds. The zero-order valence-corrected chi connectivity index (χ0v) is 14.0. The minimum absolute atomic E-state index is 0.00251. The van der Waals surface area contributed by atoms with Gasteiger partial charge in [-0.05, 0) is 30.3 Å². The highest BCUT2D eigenvalue weighted by molar-refractivity contribution is 5.89. The van der Waals surface area contributed by atoms with Crippen LogP contribution in [0.1, 0.15) is 16.1 Å². The first-order valence-electron chi connectivity index (χ1n) is 7.68. The second-order valence-corrected chi connectivity index (χ2v) is 5.57. The minimum atomic E-state index is -0.786. The quantitative estimate of drug-likeness (QED) is 0.385. The zero-order chi connectivity index (χ0) is 19.6. The van der Waals surface area contributed by atoms with Crippen LogP contribution in [-0.2, 0) is 18.4 Å². The SMILES string of the molecule is Cn1cc([N+](=O)[O-])c(COC(=O)c2ccc(=O)n(-c3ccc(F)cc3)c2)n1. The summed E-state index contributed by atoms with van der Waals surface area (Å²) in [5.74, 6) is -1.25. The van der Waals surface area contributed by atoms with E-state index in [1.54, 1.807) is 0 Å². The molecule has 3 rings (SSSR count). The second kappa shape index (κ2) is 7.20. The predicted octanol–water partition coefficient (Wildman–Crippen LogP) is 1.98. The molecule has 27 heavy (non-hydrogen) atoms. The van der Waals surface area contributed by atoms with Crippen molar-refractivity contribution in [1.29, 1.82) is 0 Å². The Balaban J connectivity index is 1.82. The number of benzene rings is 1. The average molecular weight is 372 g/mol. The molecule has 138 valence electrons. The smallest absolute Gasteiger partial charge is 0.340 e. The van der Waals surface area contributed by atoms with Gasteiger partial charge in [0.15, 0.2) is 5.69 Å². The molecule has 0 spiro atoms. The normalized spacial score (nSPS) is 10.6. The number of carbonyl (C=O) groups excluding carboxylic acids is 1. The highest BCUT2D eigenvalue weighted by Crippen LogP contribution is 2.17. The number of pyridine rings is 1. The fraction of sp³-hybridized carbons (Fsp3) is 0.118. The maximum Gasteiger partial charge on any atom is 0.340 e. The second-order valence-electron chi connectivity index (χ2n) is 5.57. The van der Waals surface area contributed by atoms with E-state index in [2.05, 4.69) is 5.10 Å². The van der Waals surface area contributed by atoms with Gasteiger partial charge in [-0.25, -0.2) is 9.18 Å². The van der Waals surface area contributed by atoms with Gasteiger partial charge in [0.25, 0.3) is 5.56 Å². The number of aryl methyl sites for hydroxylation is 1. The monoisotopic (exact) mass is 372 g/mol. The largest absolute Gasteiger partial charge is 0.455 e. The highest BCUT2D eigenvalue weighted by Gasteiger charge is 2.20. The molecular formula is C17H13FN4O5. The molecule has 0 aliphatic heterocycles. The topological polar surface area (TPSA) is 109 Å². The Bertz CT molecular complexity index is 1070. The summed E-state index contributed by atoms with van der Waals surface area (Å²) >= 11 is 0. The van der Waals surface area contributed by atoms with E-state index in [4.69, 9.17) is 4.74 Å². The van der Waals surface area contributed by atoms with Gasteiger partial charge >= 0.3 is 11.7 Å². The van der Waals surface area contributed by atoms with Crippen LogP contribution in [0.15, 0.2) is 53.6 Å². The summed E-state index contributed by atoms with van der Waals surface area (Å²) in [7, 11) is 1.51. The Morgan fingerprint density at radius 3 is 2.59 bits per heavy atom. The first-order valence-corrected chi connectivity index (χ1v) is 7.68. The summed E-state index contributed by atoms with van der Waals surface area (Å²) < 4.78 is 20.5. The lowest BCUT2D eigenvalue weighted by Gasteiger charge is -2.08. The van der Waals surface area contributed by atoms with Crippen LogP contribution >= 0.6 is 0 Å². The van der Waals surface area contributed by atoms with Crippen LogP contribution in [0.4, 0.5) is 10.1 Å². The van der Waals surface area contributed by atoms with Gasteiger partial charge in [-0.15, -0.1) is 0 Å². The predicted molar refractivity (Wildman–Crippen MR) is 91.0 cm³/mol. The molecule has 3 aromatic rings. The molecule has 0 saturated carbocycles. The van der Waals surface area contributed by atoms with Crippen LogP contribution in [0, 0.1) is 15.9 Å². The molecule has 0 N–H and O–H groups in total. The lowest BCUT2D eigenvalue weighted by atomic mass is 10.2. The van der Waals surface area contributed by atoms with Crippen molar-refractivity contribution in [3.05, 3.63) is 86.3 Å². The number of hydrogen-bond donors (Lipinski definition) is 0. The van der Waals surface area contributed by atoms with Crippen LogP contribution in [0.25, 0.3) is 5.69 Å². The Hall–Kier alpha value is -3.82. The number of halogens is 1. The Morgan fingerprint density at radius 1 is 1.22 bits per heavy atom. The molecule has 10 heteroatoms. The minimum Gasteiger partial charge on any atom is -0.455 e. The molecule has 9 nitrogen and oxygen atoms in total. The summed E-state index contributed by atoms with van der Waals surface area (Å²) in [4.78, 5) is 34.6. The van der Waals surface area contributed by atoms with Crippen molar-refractivity contribution in [2.24, 2.45) is 7.05 Å². The van der Waals surface area contributed by atoms with Gasteiger partial charge < -0.3 is 4.74 Å². The first kappa shape index (κ1) is 18.0. The zero-order valence-electron chi connectivity index (χ0n) is 14.0. The fourth-order valence-electron chi connectivity index (χ4n) is 2.41. The first-order chi connectivity index (χ1) is 12.8. The number of nitrogens with zero attached hydrogens (tertiary/aromatic N) is 4. The number of ether oxygens (including phenoxy) is 1. The third-order valence-electron chi connectivity index (χ3n) is 3.67. The van der Waals surface area contributed by atoms with E-state index < -0.39 is 28.9 Å². The Kier molecular flexibility index (Phi) is 4.79. The van der Waals surface area contributed by atoms with Gasteiger partial charge in [0.05, 0.1) is 10.5 Å². The van der Waals surface area contributed by atoms with Crippen molar-refractivity contribution in [3.8, 4) is 5.69 Å². The number of carbonyl (C=O) groups is 1. The van der Waals surface area contributed by atoms with Crippen molar-refractivity contribution in [3.63, 3.8) is 0 Å². The van der Waals surface area contributed by atoms with Crippen molar-refractivity contribution < 1.29 is 18.8 Å². The van der Waals surface area contributed by atoms with E-state index in [1.165, 1.54) is 65.1 Å². The number of rotatable bonds is 5. The molecule has 2 aromatic heterocycles.